The molecule has 7 atom stereocenters. The lowest BCUT2D eigenvalue weighted by Crippen LogP contribution is -2.59. The Hall–Kier alpha value is -3.50. The van der Waals surface area contributed by atoms with Crippen LogP contribution >= 0.6 is 0 Å². The Morgan fingerprint density at radius 3 is 2.49 bits per heavy atom. The number of benzene rings is 1. The normalized spacial score (nSPS) is 26.0. The summed E-state index contributed by atoms with van der Waals surface area (Å²) in [7, 11) is 0. The van der Waals surface area contributed by atoms with E-state index in [2.05, 4.69) is 18.5 Å². The number of carbonyl (C=O) groups excluding carboxylic acids is 4. The molecular formula is C37H53N3O7. The number of aliphatic hydroxyl groups excluding tert-OH is 1. The highest BCUT2D eigenvalue weighted by molar-refractivity contribution is 5.98. The van der Waals surface area contributed by atoms with Crippen LogP contribution in [-0.2, 0) is 28.7 Å². The van der Waals surface area contributed by atoms with Crippen LogP contribution in [-0.4, -0.2) is 87.6 Å². The quantitative estimate of drug-likeness (QED) is 0.145. The highest BCUT2D eigenvalue weighted by Gasteiger charge is 2.75. The van der Waals surface area contributed by atoms with E-state index in [0.717, 1.165) is 18.4 Å². The minimum Gasteiger partial charge on any atom is -0.455 e. The maximum atomic E-state index is 14.5. The van der Waals surface area contributed by atoms with Gasteiger partial charge in [0.2, 0.25) is 17.7 Å². The lowest BCUT2D eigenvalue weighted by Gasteiger charge is -2.42. The molecule has 3 saturated heterocycles. The average molecular weight is 652 g/mol. The van der Waals surface area contributed by atoms with Crippen LogP contribution in [0.4, 0.5) is 0 Å². The third kappa shape index (κ3) is 7.64. The zero-order valence-electron chi connectivity index (χ0n) is 28.5. The van der Waals surface area contributed by atoms with E-state index in [-0.39, 0.29) is 30.7 Å². The molecule has 258 valence electrons. The van der Waals surface area contributed by atoms with Crippen molar-refractivity contribution in [1.82, 2.24) is 15.1 Å². The van der Waals surface area contributed by atoms with E-state index in [4.69, 9.17) is 9.47 Å². The van der Waals surface area contributed by atoms with Crippen molar-refractivity contribution < 1.29 is 33.8 Å². The van der Waals surface area contributed by atoms with Gasteiger partial charge < -0.3 is 29.7 Å². The first kappa shape index (κ1) is 36.3. The van der Waals surface area contributed by atoms with Crippen molar-refractivity contribution in [1.29, 1.82) is 0 Å². The van der Waals surface area contributed by atoms with Gasteiger partial charge >= 0.3 is 5.97 Å². The molecule has 2 N–H and O–H groups in total. The SMILES string of the molecule is C=CCCC(=O)N[C@H](C)[C@@H](OC(=O)[C@@H]1[C@H]2C(=O)N(CCCCCCO)[C@H](C(=O)N(CC=C)C(C)(C)C)[C@]23CC[C@H]1O3)c1ccccc1. The number of ether oxygens (including phenoxy) is 2. The van der Waals surface area contributed by atoms with Gasteiger partial charge in [-0.3, -0.25) is 19.2 Å². The minimum absolute atomic E-state index is 0.108. The second-order valence-corrected chi connectivity index (χ2v) is 14.1. The van der Waals surface area contributed by atoms with E-state index in [1.807, 2.05) is 51.1 Å². The fourth-order valence-electron chi connectivity index (χ4n) is 7.60. The second kappa shape index (κ2) is 15.6. The van der Waals surface area contributed by atoms with Crippen LogP contribution in [0.5, 0.6) is 0 Å². The lowest BCUT2D eigenvalue weighted by molar-refractivity contribution is -0.162. The van der Waals surface area contributed by atoms with Gasteiger partial charge in [-0.2, -0.15) is 0 Å². The second-order valence-electron chi connectivity index (χ2n) is 14.1. The van der Waals surface area contributed by atoms with Crippen molar-refractivity contribution >= 4 is 23.7 Å². The Bertz CT molecular complexity index is 1290. The van der Waals surface area contributed by atoms with Gasteiger partial charge in [-0.1, -0.05) is 55.3 Å². The van der Waals surface area contributed by atoms with Gasteiger partial charge in [-0.05, 0) is 65.4 Å². The standard InChI is InChI=1S/C37H53N3O7/c1-7-9-19-28(42)38-25(3)31(26-17-13-12-14-18-26)46-35(45)29-27-20-21-37(47-27)30(29)33(43)39(23-15-10-11-16-24-41)32(37)34(44)40(22-8-2)36(4,5)6/h7-8,12-14,17-18,25,27,29-32,41H,1-2,9-11,15-16,19-24H2,3-6H3,(H,38,42)/t25-,27-,29+,30+,31-,32-,37+/m1/s1. The van der Waals surface area contributed by atoms with Crippen molar-refractivity contribution in [2.24, 2.45) is 11.8 Å². The summed E-state index contributed by atoms with van der Waals surface area (Å²) in [4.78, 5) is 59.2. The van der Waals surface area contributed by atoms with Crippen LogP contribution in [0.3, 0.4) is 0 Å². The first-order chi connectivity index (χ1) is 22.4. The van der Waals surface area contributed by atoms with E-state index in [0.29, 0.717) is 45.2 Å². The third-order valence-electron chi connectivity index (χ3n) is 9.79. The number of hydrogen-bond donors (Lipinski definition) is 2. The minimum atomic E-state index is -1.15. The maximum absolute atomic E-state index is 14.5. The number of amides is 3. The molecular weight excluding hydrogens is 598 g/mol. The van der Waals surface area contributed by atoms with Gasteiger partial charge in [0.15, 0.2) is 0 Å². The molecule has 47 heavy (non-hydrogen) atoms. The number of allylic oxidation sites excluding steroid dienone is 1. The zero-order chi connectivity index (χ0) is 34.4. The predicted molar refractivity (Wildman–Crippen MR) is 179 cm³/mol. The van der Waals surface area contributed by atoms with Gasteiger partial charge in [-0.25, -0.2) is 0 Å². The fourth-order valence-corrected chi connectivity index (χ4v) is 7.60. The summed E-state index contributed by atoms with van der Waals surface area (Å²) in [6, 6.07) is 7.82. The van der Waals surface area contributed by atoms with Crippen LogP contribution in [0.15, 0.2) is 55.6 Å². The Morgan fingerprint density at radius 1 is 1.15 bits per heavy atom. The van der Waals surface area contributed by atoms with Crippen molar-refractivity contribution in [3.63, 3.8) is 0 Å². The molecule has 1 aromatic rings. The van der Waals surface area contributed by atoms with E-state index in [1.54, 1.807) is 28.9 Å². The number of fused-ring (bicyclic) bond motifs is 1. The molecule has 2 bridgehead atoms. The van der Waals surface area contributed by atoms with Gasteiger partial charge in [0.25, 0.3) is 0 Å². The van der Waals surface area contributed by atoms with Crippen LogP contribution in [0.2, 0.25) is 0 Å². The first-order valence-corrected chi connectivity index (χ1v) is 17.1. The molecule has 0 aliphatic carbocycles. The molecule has 0 aromatic heterocycles. The van der Waals surface area contributed by atoms with E-state index < -0.39 is 53.2 Å². The molecule has 0 saturated carbocycles. The fraction of sp³-hybridized carbons (Fsp3) is 0.622. The van der Waals surface area contributed by atoms with Gasteiger partial charge in [0.1, 0.15) is 17.7 Å². The highest BCUT2D eigenvalue weighted by atomic mass is 16.6. The maximum Gasteiger partial charge on any atom is 0.313 e. The van der Waals surface area contributed by atoms with Gasteiger partial charge in [-0.15, -0.1) is 13.2 Å². The first-order valence-electron chi connectivity index (χ1n) is 17.1. The van der Waals surface area contributed by atoms with Crippen molar-refractivity contribution in [2.75, 3.05) is 19.7 Å². The Labute approximate surface area is 279 Å². The van der Waals surface area contributed by atoms with Crippen molar-refractivity contribution in [3.8, 4) is 0 Å². The zero-order valence-corrected chi connectivity index (χ0v) is 28.5. The van der Waals surface area contributed by atoms with Crippen LogP contribution < -0.4 is 5.32 Å². The summed E-state index contributed by atoms with van der Waals surface area (Å²) in [6.45, 7) is 16.0. The number of likely N-dealkylation sites (tertiary alicyclic amines) is 1. The number of esters is 1. The Morgan fingerprint density at radius 2 is 1.85 bits per heavy atom. The molecule has 0 unspecified atom stereocenters. The molecule has 10 nitrogen and oxygen atoms in total. The van der Waals surface area contributed by atoms with Gasteiger partial charge in [0.05, 0.1) is 24.0 Å². The molecule has 3 aliphatic rings. The monoisotopic (exact) mass is 651 g/mol. The summed E-state index contributed by atoms with van der Waals surface area (Å²) in [6.07, 6.45) is 6.75. The summed E-state index contributed by atoms with van der Waals surface area (Å²) in [5.41, 5.74) is -0.970. The number of nitrogens with one attached hydrogen (secondary N) is 1. The number of unbranched alkanes of at least 4 members (excludes halogenated alkanes) is 3. The Kier molecular flexibility index (Phi) is 12.1. The molecule has 3 amide bonds. The molecule has 3 aliphatic heterocycles. The van der Waals surface area contributed by atoms with Gasteiger partial charge in [0, 0.05) is 31.7 Å². The van der Waals surface area contributed by atoms with Crippen LogP contribution in [0.25, 0.3) is 0 Å². The van der Waals surface area contributed by atoms with Crippen molar-refractivity contribution in [3.05, 3.63) is 61.2 Å². The molecule has 1 spiro atoms. The number of carbonyl (C=O) groups is 4. The molecule has 3 fully saturated rings. The largest absolute Gasteiger partial charge is 0.455 e. The third-order valence-corrected chi connectivity index (χ3v) is 9.79. The average Bonchev–Trinajstić information content (AvgIpc) is 3.68. The molecule has 10 heteroatoms. The van der Waals surface area contributed by atoms with E-state index >= 15 is 0 Å². The molecule has 1 aromatic carbocycles. The summed E-state index contributed by atoms with van der Waals surface area (Å²) in [5.74, 6) is -2.96. The molecule has 0 radical (unpaired) electrons. The predicted octanol–water partition coefficient (Wildman–Crippen LogP) is 4.48. The van der Waals surface area contributed by atoms with Crippen LogP contribution in [0.1, 0.15) is 90.7 Å². The number of rotatable bonds is 17. The number of nitrogens with zero attached hydrogens (tertiary/aromatic N) is 2. The number of hydrogen-bond acceptors (Lipinski definition) is 7. The summed E-state index contributed by atoms with van der Waals surface area (Å²) < 4.78 is 12.9. The molecule has 3 heterocycles. The Balaban J connectivity index is 1.65. The lowest BCUT2D eigenvalue weighted by atomic mass is 9.70. The summed E-state index contributed by atoms with van der Waals surface area (Å²) >= 11 is 0. The van der Waals surface area contributed by atoms with Crippen LogP contribution in [0, 0.1) is 11.8 Å². The highest BCUT2D eigenvalue weighted by Crippen LogP contribution is 2.59. The topological polar surface area (TPSA) is 125 Å². The molecule has 4 rings (SSSR count). The van der Waals surface area contributed by atoms with Crippen molar-refractivity contribution in [2.45, 2.75) is 114 Å². The number of aliphatic hydroxyl groups is 1. The smallest absolute Gasteiger partial charge is 0.313 e. The van der Waals surface area contributed by atoms with E-state index in [9.17, 15) is 24.3 Å². The van der Waals surface area contributed by atoms with E-state index in [1.165, 1.54) is 0 Å². The summed E-state index contributed by atoms with van der Waals surface area (Å²) in [5, 5.41) is 12.2.